The van der Waals surface area contributed by atoms with Crippen molar-refractivity contribution >= 4 is 17.1 Å². The van der Waals surface area contributed by atoms with Crippen LogP contribution in [0, 0.1) is 0 Å². The zero-order valence-electron chi connectivity index (χ0n) is 8.54. The van der Waals surface area contributed by atoms with Gasteiger partial charge in [0.1, 0.15) is 5.75 Å². The van der Waals surface area contributed by atoms with Gasteiger partial charge in [-0.2, -0.15) is 10.2 Å². The fourth-order valence-corrected chi connectivity index (χ4v) is 1.20. The number of hydrogen-bond acceptors (Lipinski definition) is 4. The Morgan fingerprint density at radius 1 is 0.875 bits per heavy atom. The first-order valence-corrected chi connectivity index (χ1v) is 4.81. The van der Waals surface area contributed by atoms with Gasteiger partial charge >= 0.3 is 0 Å². The van der Waals surface area contributed by atoms with Crippen molar-refractivity contribution in [1.82, 2.24) is 0 Å². The second kappa shape index (κ2) is 4.44. The highest BCUT2D eigenvalue weighted by Crippen LogP contribution is 2.26. The Labute approximate surface area is 93.1 Å². The number of anilines is 1. The molecular formula is C12H11N3O. The van der Waals surface area contributed by atoms with E-state index in [4.69, 9.17) is 5.73 Å². The number of hydrogen-bond donors (Lipinski definition) is 2. The molecule has 0 heterocycles. The summed E-state index contributed by atoms with van der Waals surface area (Å²) < 4.78 is 0. The van der Waals surface area contributed by atoms with E-state index < -0.39 is 0 Å². The second-order valence-corrected chi connectivity index (χ2v) is 3.28. The Balaban J connectivity index is 2.21. The van der Waals surface area contributed by atoms with Gasteiger partial charge in [0.05, 0.1) is 17.1 Å². The number of phenols is 1. The Bertz CT molecular complexity index is 509. The number of aromatic hydroxyl groups is 1. The molecule has 2 aromatic carbocycles. The van der Waals surface area contributed by atoms with Crippen LogP contribution in [0.4, 0.5) is 17.1 Å². The van der Waals surface area contributed by atoms with Crippen molar-refractivity contribution in [2.45, 2.75) is 0 Å². The number of nitrogens with two attached hydrogens (primary N) is 1. The maximum atomic E-state index is 9.37. The average Bonchev–Trinajstić information content (AvgIpc) is 2.32. The Kier molecular flexibility index (Phi) is 2.82. The van der Waals surface area contributed by atoms with Gasteiger partial charge in [-0.1, -0.05) is 18.2 Å². The van der Waals surface area contributed by atoms with Crippen molar-refractivity contribution in [2.75, 3.05) is 5.73 Å². The topological polar surface area (TPSA) is 71.0 Å². The molecule has 0 saturated carbocycles. The van der Waals surface area contributed by atoms with E-state index in [0.717, 1.165) is 5.69 Å². The summed E-state index contributed by atoms with van der Waals surface area (Å²) in [5, 5.41) is 17.4. The fourth-order valence-electron chi connectivity index (χ4n) is 1.20. The normalized spacial score (nSPS) is 10.8. The van der Waals surface area contributed by atoms with Crippen LogP contribution in [0.5, 0.6) is 5.75 Å². The molecule has 0 bridgehead atoms. The smallest absolute Gasteiger partial charge is 0.140 e. The average molecular weight is 213 g/mol. The summed E-state index contributed by atoms with van der Waals surface area (Å²) in [5.74, 6) is 0.0181. The summed E-state index contributed by atoms with van der Waals surface area (Å²) in [7, 11) is 0. The first-order chi connectivity index (χ1) is 7.75. The molecule has 16 heavy (non-hydrogen) atoms. The van der Waals surface area contributed by atoms with Crippen molar-refractivity contribution in [2.24, 2.45) is 10.2 Å². The maximum Gasteiger partial charge on any atom is 0.140 e. The standard InChI is InChI=1S/C12H11N3O/c13-11-7-6-10(8-12(11)16)15-14-9-4-2-1-3-5-9/h1-8,16H,13H2. The van der Waals surface area contributed by atoms with Gasteiger partial charge in [0.2, 0.25) is 0 Å². The van der Waals surface area contributed by atoms with Gasteiger partial charge in [-0.05, 0) is 24.3 Å². The van der Waals surface area contributed by atoms with Crippen LogP contribution >= 0.6 is 0 Å². The minimum Gasteiger partial charge on any atom is -0.506 e. The molecule has 80 valence electrons. The van der Waals surface area contributed by atoms with Crippen LogP contribution in [0.25, 0.3) is 0 Å². The number of azo groups is 1. The van der Waals surface area contributed by atoms with Crippen LogP contribution in [0.15, 0.2) is 58.8 Å². The molecule has 0 aromatic heterocycles. The van der Waals surface area contributed by atoms with Gasteiger partial charge in [-0.3, -0.25) is 0 Å². The van der Waals surface area contributed by atoms with E-state index in [1.807, 2.05) is 30.3 Å². The maximum absolute atomic E-state index is 9.37. The molecule has 2 aromatic rings. The molecule has 0 atom stereocenters. The lowest BCUT2D eigenvalue weighted by molar-refractivity contribution is 0.478. The highest BCUT2D eigenvalue weighted by molar-refractivity contribution is 5.58. The second-order valence-electron chi connectivity index (χ2n) is 3.28. The van der Waals surface area contributed by atoms with Crippen molar-refractivity contribution in [1.29, 1.82) is 0 Å². The van der Waals surface area contributed by atoms with Crippen molar-refractivity contribution in [3.05, 3.63) is 48.5 Å². The van der Waals surface area contributed by atoms with Gasteiger partial charge in [0.25, 0.3) is 0 Å². The van der Waals surface area contributed by atoms with Crippen LogP contribution < -0.4 is 5.73 Å². The summed E-state index contributed by atoms with van der Waals surface area (Å²) in [6, 6.07) is 14.1. The Morgan fingerprint density at radius 2 is 1.56 bits per heavy atom. The number of rotatable bonds is 2. The number of nitrogens with zero attached hydrogens (tertiary/aromatic N) is 2. The molecule has 0 saturated heterocycles. The lowest BCUT2D eigenvalue weighted by atomic mass is 10.3. The van der Waals surface area contributed by atoms with Gasteiger partial charge in [0, 0.05) is 6.07 Å². The van der Waals surface area contributed by atoms with Gasteiger partial charge < -0.3 is 10.8 Å². The molecule has 2 rings (SSSR count). The number of nitrogen functional groups attached to an aromatic ring is 1. The summed E-state index contributed by atoms with van der Waals surface area (Å²) in [6.45, 7) is 0. The lowest BCUT2D eigenvalue weighted by Crippen LogP contribution is -1.83. The Hall–Kier alpha value is -2.36. The molecule has 0 amide bonds. The molecular weight excluding hydrogens is 202 g/mol. The molecule has 4 heteroatoms. The minimum absolute atomic E-state index is 0.0181. The van der Waals surface area contributed by atoms with Crippen LogP contribution in [-0.2, 0) is 0 Å². The monoisotopic (exact) mass is 213 g/mol. The van der Waals surface area contributed by atoms with E-state index in [1.165, 1.54) is 6.07 Å². The van der Waals surface area contributed by atoms with Crippen molar-refractivity contribution < 1.29 is 5.11 Å². The number of phenolic OH excluding ortho intramolecular Hbond substituents is 1. The summed E-state index contributed by atoms with van der Waals surface area (Å²) >= 11 is 0. The van der Waals surface area contributed by atoms with Crippen LogP contribution in [0.2, 0.25) is 0 Å². The van der Waals surface area contributed by atoms with E-state index in [1.54, 1.807) is 12.1 Å². The van der Waals surface area contributed by atoms with Gasteiger partial charge in [0.15, 0.2) is 0 Å². The zero-order valence-corrected chi connectivity index (χ0v) is 8.54. The largest absolute Gasteiger partial charge is 0.506 e. The summed E-state index contributed by atoms with van der Waals surface area (Å²) in [6.07, 6.45) is 0. The molecule has 0 aliphatic heterocycles. The molecule has 0 aliphatic carbocycles. The zero-order chi connectivity index (χ0) is 11.4. The van der Waals surface area contributed by atoms with Crippen LogP contribution in [0.1, 0.15) is 0 Å². The predicted octanol–water partition coefficient (Wildman–Crippen LogP) is 3.39. The molecule has 4 nitrogen and oxygen atoms in total. The lowest BCUT2D eigenvalue weighted by Gasteiger charge is -1.98. The van der Waals surface area contributed by atoms with E-state index in [9.17, 15) is 5.11 Å². The highest BCUT2D eigenvalue weighted by Gasteiger charge is 1.97. The summed E-state index contributed by atoms with van der Waals surface area (Å²) in [4.78, 5) is 0. The van der Waals surface area contributed by atoms with Crippen LogP contribution in [-0.4, -0.2) is 5.11 Å². The molecule has 0 unspecified atom stereocenters. The first kappa shape index (κ1) is 10.2. The van der Waals surface area contributed by atoms with E-state index in [0.29, 0.717) is 11.4 Å². The molecule has 0 radical (unpaired) electrons. The van der Waals surface area contributed by atoms with E-state index >= 15 is 0 Å². The SMILES string of the molecule is Nc1ccc(N=Nc2ccccc2)cc1O. The quantitative estimate of drug-likeness (QED) is 0.456. The van der Waals surface area contributed by atoms with Gasteiger partial charge in [-0.25, -0.2) is 0 Å². The first-order valence-electron chi connectivity index (χ1n) is 4.81. The highest BCUT2D eigenvalue weighted by atomic mass is 16.3. The van der Waals surface area contributed by atoms with Gasteiger partial charge in [-0.15, -0.1) is 0 Å². The predicted molar refractivity (Wildman–Crippen MR) is 63.1 cm³/mol. The summed E-state index contributed by atoms with van der Waals surface area (Å²) in [5.41, 5.74) is 7.13. The third-order valence-corrected chi connectivity index (χ3v) is 2.05. The van der Waals surface area contributed by atoms with Crippen LogP contribution in [0.3, 0.4) is 0 Å². The minimum atomic E-state index is 0.0181. The fraction of sp³-hybridized carbons (Fsp3) is 0. The molecule has 0 fully saturated rings. The van der Waals surface area contributed by atoms with Crippen molar-refractivity contribution in [3.63, 3.8) is 0 Å². The molecule has 0 spiro atoms. The molecule has 3 N–H and O–H groups in total. The van der Waals surface area contributed by atoms with E-state index in [-0.39, 0.29) is 5.75 Å². The molecule has 0 aliphatic rings. The number of benzene rings is 2. The third kappa shape index (κ3) is 2.36. The Morgan fingerprint density at radius 3 is 2.25 bits per heavy atom. The van der Waals surface area contributed by atoms with Crippen molar-refractivity contribution in [3.8, 4) is 5.75 Å². The third-order valence-electron chi connectivity index (χ3n) is 2.05. The van der Waals surface area contributed by atoms with E-state index in [2.05, 4.69) is 10.2 Å².